The zero-order valence-electron chi connectivity index (χ0n) is 20.1. The van der Waals surface area contributed by atoms with Crippen LogP contribution in [0.25, 0.3) is 0 Å². The van der Waals surface area contributed by atoms with Crippen LogP contribution in [0.4, 0.5) is 0 Å². The molecule has 186 valence electrons. The van der Waals surface area contributed by atoms with Crippen LogP contribution in [0.1, 0.15) is 91.9 Å². The van der Waals surface area contributed by atoms with Crippen molar-refractivity contribution in [3.05, 3.63) is 0 Å². The van der Waals surface area contributed by atoms with Gasteiger partial charge < -0.3 is 15.2 Å². The van der Waals surface area contributed by atoms with Gasteiger partial charge in [-0.05, 0) is 57.8 Å². The van der Waals surface area contributed by atoms with Gasteiger partial charge in [0.15, 0.2) is 0 Å². The molecule has 2 bridgehead atoms. The molecule has 0 saturated carbocycles. The molecule has 8 nitrogen and oxygen atoms in total. The summed E-state index contributed by atoms with van der Waals surface area (Å²) in [6.45, 7) is 7.51. The highest BCUT2D eigenvalue weighted by Gasteiger charge is 2.56. The number of carboxylic acid groups (broad SMARTS) is 1. The standard InChI is InChI=1S/C23H42N2O6S/c1-5-7-9-13-32(29,30)25-22(3,4)21(28)24-16-23-12-11-18(31-23)15-19(23)17(10-8-6-2)14-20(26)27/h17-19,25H,5-16H2,1-4H3,(H,24,28)(H,26,27). The van der Waals surface area contributed by atoms with Gasteiger partial charge >= 0.3 is 5.97 Å². The summed E-state index contributed by atoms with van der Waals surface area (Å²) in [5.41, 5.74) is -1.85. The zero-order valence-corrected chi connectivity index (χ0v) is 20.9. The van der Waals surface area contributed by atoms with E-state index in [-0.39, 0.29) is 36.7 Å². The molecule has 2 aliphatic heterocycles. The number of unbranched alkanes of at least 4 members (excludes halogenated alkanes) is 3. The second-order valence-electron chi connectivity index (χ2n) is 10.1. The normalized spacial score (nSPS) is 26.2. The Morgan fingerprint density at radius 3 is 2.47 bits per heavy atom. The Labute approximate surface area is 193 Å². The van der Waals surface area contributed by atoms with Crippen LogP contribution in [-0.2, 0) is 24.3 Å². The van der Waals surface area contributed by atoms with E-state index in [4.69, 9.17) is 4.74 Å². The van der Waals surface area contributed by atoms with E-state index in [1.54, 1.807) is 13.8 Å². The second-order valence-corrected chi connectivity index (χ2v) is 12.0. The van der Waals surface area contributed by atoms with Crippen LogP contribution in [0, 0.1) is 11.8 Å². The predicted molar refractivity (Wildman–Crippen MR) is 124 cm³/mol. The molecule has 32 heavy (non-hydrogen) atoms. The largest absolute Gasteiger partial charge is 0.481 e. The summed E-state index contributed by atoms with van der Waals surface area (Å²) in [4.78, 5) is 24.4. The van der Waals surface area contributed by atoms with Gasteiger partial charge in [-0.1, -0.05) is 39.5 Å². The smallest absolute Gasteiger partial charge is 0.303 e. The average Bonchev–Trinajstić information content (AvgIpc) is 3.27. The molecule has 9 heteroatoms. The molecule has 4 unspecified atom stereocenters. The highest BCUT2D eigenvalue weighted by molar-refractivity contribution is 7.89. The Hall–Kier alpha value is -1.19. The lowest BCUT2D eigenvalue weighted by atomic mass is 9.69. The molecule has 3 N–H and O–H groups in total. The number of aliphatic carboxylic acids is 1. The third-order valence-corrected chi connectivity index (χ3v) is 8.61. The lowest BCUT2D eigenvalue weighted by Crippen LogP contribution is -2.58. The molecule has 4 atom stereocenters. The topological polar surface area (TPSA) is 122 Å². The fourth-order valence-corrected chi connectivity index (χ4v) is 6.85. The van der Waals surface area contributed by atoms with Crippen molar-refractivity contribution in [2.24, 2.45) is 11.8 Å². The highest BCUT2D eigenvalue weighted by Crippen LogP contribution is 2.52. The number of amides is 1. The molecule has 0 aromatic rings. The van der Waals surface area contributed by atoms with E-state index in [0.29, 0.717) is 6.42 Å². The van der Waals surface area contributed by atoms with Crippen molar-refractivity contribution >= 4 is 21.9 Å². The van der Waals surface area contributed by atoms with Crippen LogP contribution in [0.2, 0.25) is 0 Å². The number of fused-ring (bicyclic) bond motifs is 2. The van der Waals surface area contributed by atoms with Crippen molar-refractivity contribution in [2.45, 2.75) is 109 Å². The second kappa shape index (κ2) is 11.3. The minimum Gasteiger partial charge on any atom is -0.481 e. The first kappa shape index (κ1) is 27.1. The van der Waals surface area contributed by atoms with Crippen LogP contribution >= 0.6 is 0 Å². The maximum Gasteiger partial charge on any atom is 0.303 e. The predicted octanol–water partition coefficient (Wildman–Crippen LogP) is 3.21. The average molecular weight is 475 g/mol. The van der Waals surface area contributed by atoms with Crippen molar-refractivity contribution in [3.8, 4) is 0 Å². The molecule has 0 spiro atoms. The zero-order chi connectivity index (χ0) is 24.0. The first-order chi connectivity index (χ1) is 14.9. The molecule has 0 radical (unpaired) electrons. The Kier molecular flexibility index (Phi) is 9.55. The van der Waals surface area contributed by atoms with Crippen molar-refractivity contribution in [1.82, 2.24) is 10.0 Å². The summed E-state index contributed by atoms with van der Waals surface area (Å²) in [6.07, 6.45) is 7.86. The van der Waals surface area contributed by atoms with E-state index < -0.39 is 33.0 Å². The number of carbonyl (C=O) groups excluding carboxylic acids is 1. The molecule has 0 aromatic heterocycles. The van der Waals surface area contributed by atoms with Gasteiger partial charge in [0.25, 0.3) is 0 Å². The quantitative estimate of drug-likeness (QED) is 0.313. The molecule has 2 aliphatic rings. The van der Waals surface area contributed by atoms with Gasteiger partial charge in [-0.3, -0.25) is 9.59 Å². The number of hydrogen-bond acceptors (Lipinski definition) is 5. The van der Waals surface area contributed by atoms with E-state index in [1.807, 2.05) is 6.92 Å². The Morgan fingerprint density at radius 1 is 1.19 bits per heavy atom. The van der Waals surface area contributed by atoms with E-state index in [1.165, 1.54) is 0 Å². The van der Waals surface area contributed by atoms with Gasteiger partial charge in [0.05, 0.1) is 17.5 Å². The molecule has 1 amide bonds. The lowest BCUT2D eigenvalue weighted by Gasteiger charge is -2.38. The summed E-state index contributed by atoms with van der Waals surface area (Å²) in [5.74, 6) is -1.10. The van der Waals surface area contributed by atoms with E-state index in [9.17, 15) is 23.1 Å². The molecular weight excluding hydrogens is 432 g/mol. The van der Waals surface area contributed by atoms with Gasteiger partial charge in [-0.2, -0.15) is 0 Å². The monoisotopic (exact) mass is 474 g/mol. The van der Waals surface area contributed by atoms with Gasteiger partial charge in [0, 0.05) is 13.0 Å². The minimum atomic E-state index is -3.56. The van der Waals surface area contributed by atoms with Crippen LogP contribution in [0.15, 0.2) is 0 Å². The Balaban J connectivity index is 2.04. The van der Waals surface area contributed by atoms with E-state index >= 15 is 0 Å². The SMILES string of the molecule is CCCCCS(=O)(=O)NC(C)(C)C(=O)NCC12CCC(CC1C(CCCC)CC(=O)O)O2. The van der Waals surface area contributed by atoms with Gasteiger partial charge in [0.2, 0.25) is 15.9 Å². The molecule has 2 fully saturated rings. The number of sulfonamides is 1. The number of carboxylic acids is 1. The number of hydrogen-bond donors (Lipinski definition) is 3. The number of ether oxygens (including phenoxy) is 1. The van der Waals surface area contributed by atoms with E-state index in [2.05, 4.69) is 17.0 Å². The van der Waals surface area contributed by atoms with Crippen LogP contribution in [0.3, 0.4) is 0 Å². The summed E-state index contributed by atoms with van der Waals surface area (Å²) in [6, 6.07) is 0. The van der Waals surface area contributed by atoms with Crippen LogP contribution in [0.5, 0.6) is 0 Å². The van der Waals surface area contributed by atoms with E-state index in [0.717, 1.165) is 51.4 Å². The molecule has 2 heterocycles. The first-order valence-corrected chi connectivity index (χ1v) is 13.8. The first-order valence-electron chi connectivity index (χ1n) is 12.1. The Morgan fingerprint density at radius 2 is 1.88 bits per heavy atom. The molecule has 2 saturated heterocycles. The van der Waals surface area contributed by atoms with Gasteiger partial charge in [-0.25, -0.2) is 13.1 Å². The van der Waals surface area contributed by atoms with Gasteiger partial charge in [0.1, 0.15) is 5.54 Å². The maximum atomic E-state index is 12.9. The number of rotatable bonds is 15. The third kappa shape index (κ3) is 7.15. The van der Waals surface area contributed by atoms with Crippen LogP contribution < -0.4 is 10.0 Å². The third-order valence-electron chi connectivity index (χ3n) is 6.96. The fourth-order valence-electron chi connectivity index (χ4n) is 5.29. The fraction of sp³-hybridized carbons (Fsp3) is 0.913. The number of nitrogens with one attached hydrogen (secondary N) is 2. The maximum absolute atomic E-state index is 12.9. The number of carbonyl (C=O) groups is 2. The molecule has 2 rings (SSSR count). The summed E-state index contributed by atoms with van der Waals surface area (Å²) in [7, 11) is -3.56. The van der Waals surface area contributed by atoms with Crippen LogP contribution in [-0.4, -0.2) is 54.9 Å². The molecule has 0 aromatic carbocycles. The van der Waals surface area contributed by atoms with Crippen molar-refractivity contribution in [2.75, 3.05) is 12.3 Å². The van der Waals surface area contributed by atoms with Gasteiger partial charge in [-0.15, -0.1) is 0 Å². The van der Waals surface area contributed by atoms with Crippen molar-refractivity contribution < 1.29 is 27.9 Å². The molecular formula is C23H42N2O6S. The van der Waals surface area contributed by atoms with Crippen molar-refractivity contribution in [3.63, 3.8) is 0 Å². The Bertz CT molecular complexity index is 754. The molecule has 0 aliphatic carbocycles. The minimum absolute atomic E-state index is 0.00263. The summed E-state index contributed by atoms with van der Waals surface area (Å²) >= 11 is 0. The van der Waals surface area contributed by atoms with Crippen molar-refractivity contribution in [1.29, 1.82) is 0 Å². The summed E-state index contributed by atoms with van der Waals surface area (Å²) in [5, 5.41) is 12.4. The highest BCUT2D eigenvalue weighted by atomic mass is 32.2. The summed E-state index contributed by atoms with van der Waals surface area (Å²) < 4.78 is 33.6. The lowest BCUT2D eigenvalue weighted by molar-refractivity contribution is -0.139.